The molecule has 2 saturated carbocycles. The standard InChI is InChI=1S/C19H29NO/c1-21-18-11-10-16(15-8-4-2-5-9-15)14-17(18)19(20)12-6-3-7-13-19/h10-11,14-15H,2-9,12-13,20H2,1H3. The van der Waals surface area contributed by atoms with Crippen LogP contribution in [0, 0.1) is 0 Å². The number of methoxy groups -OCH3 is 1. The molecule has 2 N–H and O–H groups in total. The maximum Gasteiger partial charge on any atom is 0.123 e. The smallest absolute Gasteiger partial charge is 0.123 e. The fourth-order valence-corrected chi connectivity index (χ4v) is 4.26. The highest BCUT2D eigenvalue weighted by Gasteiger charge is 2.32. The maximum absolute atomic E-state index is 6.78. The third-order valence-electron chi connectivity index (χ3n) is 5.58. The molecule has 2 heteroatoms. The van der Waals surface area contributed by atoms with Crippen molar-refractivity contribution in [2.24, 2.45) is 5.73 Å². The van der Waals surface area contributed by atoms with Gasteiger partial charge >= 0.3 is 0 Å². The van der Waals surface area contributed by atoms with Crippen molar-refractivity contribution in [1.29, 1.82) is 0 Å². The summed E-state index contributed by atoms with van der Waals surface area (Å²) in [4.78, 5) is 0. The van der Waals surface area contributed by atoms with Crippen LogP contribution >= 0.6 is 0 Å². The highest BCUT2D eigenvalue weighted by Crippen LogP contribution is 2.42. The Bertz CT molecular complexity index is 470. The number of ether oxygens (including phenoxy) is 1. The van der Waals surface area contributed by atoms with E-state index in [0.717, 1.165) is 24.5 Å². The highest BCUT2D eigenvalue weighted by atomic mass is 16.5. The Morgan fingerprint density at radius 3 is 2.33 bits per heavy atom. The minimum absolute atomic E-state index is 0.172. The van der Waals surface area contributed by atoms with Gasteiger partial charge in [-0.3, -0.25) is 0 Å². The molecule has 2 aliphatic carbocycles. The Balaban J connectivity index is 1.92. The minimum atomic E-state index is -0.172. The summed E-state index contributed by atoms with van der Waals surface area (Å²) in [5, 5.41) is 0. The summed E-state index contributed by atoms with van der Waals surface area (Å²) < 4.78 is 5.63. The van der Waals surface area contributed by atoms with Crippen LogP contribution in [0.1, 0.15) is 81.3 Å². The Kier molecular flexibility index (Phi) is 4.54. The van der Waals surface area contributed by atoms with Gasteiger partial charge in [-0.05, 0) is 49.3 Å². The Morgan fingerprint density at radius 2 is 1.67 bits per heavy atom. The average Bonchev–Trinajstić information content (AvgIpc) is 2.56. The van der Waals surface area contributed by atoms with E-state index in [-0.39, 0.29) is 5.54 Å². The van der Waals surface area contributed by atoms with Crippen LogP contribution in [-0.4, -0.2) is 7.11 Å². The van der Waals surface area contributed by atoms with Crippen LogP contribution in [0.4, 0.5) is 0 Å². The van der Waals surface area contributed by atoms with Crippen molar-refractivity contribution in [3.05, 3.63) is 29.3 Å². The summed E-state index contributed by atoms with van der Waals surface area (Å²) in [5.74, 6) is 1.72. The summed E-state index contributed by atoms with van der Waals surface area (Å²) in [6.45, 7) is 0. The molecule has 21 heavy (non-hydrogen) atoms. The van der Waals surface area contributed by atoms with E-state index in [4.69, 9.17) is 10.5 Å². The average molecular weight is 287 g/mol. The molecule has 1 aromatic rings. The van der Waals surface area contributed by atoms with Crippen LogP contribution in [0.15, 0.2) is 18.2 Å². The van der Waals surface area contributed by atoms with Gasteiger partial charge in [0.15, 0.2) is 0 Å². The lowest BCUT2D eigenvalue weighted by atomic mass is 9.75. The summed E-state index contributed by atoms with van der Waals surface area (Å²) in [5.41, 5.74) is 9.35. The van der Waals surface area contributed by atoms with E-state index in [1.807, 2.05) is 0 Å². The maximum atomic E-state index is 6.78. The van der Waals surface area contributed by atoms with Crippen molar-refractivity contribution in [2.75, 3.05) is 7.11 Å². The Hall–Kier alpha value is -1.02. The van der Waals surface area contributed by atoms with Crippen LogP contribution in [-0.2, 0) is 5.54 Å². The first kappa shape index (κ1) is 14.9. The first-order valence-corrected chi connectivity index (χ1v) is 8.70. The zero-order valence-corrected chi connectivity index (χ0v) is 13.4. The molecule has 0 aromatic heterocycles. The molecular weight excluding hydrogens is 258 g/mol. The number of hydrogen-bond donors (Lipinski definition) is 1. The minimum Gasteiger partial charge on any atom is -0.496 e. The molecule has 0 aliphatic heterocycles. The van der Waals surface area contributed by atoms with Crippen molar-refractivity contribution in [3.63, 3.8) is 0 Å². The molecule has 1 aromatic carbocycles. The quantitative estimate of drug-likeness (QED) is 0.861. The molecule has 2 aliphatic rings. The van der Waals surface area contributed by atoms with Gasteiger partial charge in [-0.2, -0.15) is 0 Å². The summed E-state index contributed by atoms with van der Waals surface area (Å²) >= 11 is 0. The lowest BCUT2D eigenvalue weighted by Gasteiger charge is -2.35. The molecule has 0 heterocycles. The summed E-state index contributed by atoms with van der Waals surface area (Å²) in [6, 6.07) is 6.80. The van der Waals surface area contributed by atoms with Crippen molar-refractivity contribution in [2.45, 2.75) is 75.7 Å². The molecule has 0 radical (unpaired) electrons. The molecule has 0 saturated heterocycles. The number of benzene rings is 1. The molecule has 2 fully saturated rings. The molecule has 0 amide bonds. The molecule has 116 valence electrons. The topological polar surface area (TPSA) is 35.2 Å². The van der Waals surface area contributed by atoms with E-state index in [9.17, 15) is 0 Å². The van der Waals surface area contributed by atoms with Crippen LogP contribution in [0.25, 0.3) is 0 Å². The van der Waals surface area contributed by atoms with Crippen molar-refractivity contribution in [1.82, 2.24) is 0 Å². The first-order chi connectivity index (χ1) is 10.2. The van der Waals surface area contributed by atoms with E-state index in [0.29, 0.717) is 0 Å². The predicted molar refractivity (Wildman–Crippen MR) is 87.8 cm³/mol. The summed E-state index contributed by atoms with van der Waals surface area (Å²) in [7, 11) is 1.77. The summed E-state index contributed by atoms with van der Waals surface area (Å²) in [6.07, 6.45) is 12.8. The molecule has 0 bridgehead atoms. The second-order valence-electron chi connectivity index (χ2n) is 7.01. The van der Waals surface area contributed by atoms with Crippen LogP contribution in [0.2, 0.25) is 0 Å². The fourth-order valence-electron chi connectivity index (χ4n) is 4.26. The Morgan fingerprint density at radius 1 is 1.00 bits per heavy atom. The lowest BCUT2D eigenvalue weighted by Crippen LogP contribution is -2.39. The van der Waals surface area contributed by atoms with Gasteiger partial charge < -0.3 is 10.5 Å². The van der Waals surface area contributed by atoms with Crippen molar-refractivity contribution < 1.29 is 4.74 Å². The zero-order valence-electron chi connectivity index (χ0n) is 13.4. The Labute approximate surface area is 129 Å². The molecule has 0 unspecified atom stereocenters. The van der Waals surface area contributed by atoms with Crippen molar-refractivity contribution >= 4 is 0 Å². The van der Waals surface area contributed by atoms with E-state index >= 15 is 0 Å². The van der Waals surface area contributed by atoms with E-state index < -0.39 is 0 Å². The number of hydrogen-bond acceptors (Lipinski definition) is 2. The predicted octanol–water partition coefficient (Wildman–Crippen LogP) is 4.86. The van der Waals surface area contributed by atoms with Gasteiger partial charge in [-0.1, -0.05) is 44.6 Å². The largest absolute Gasteiger partial charge is 0.496 e. The van der Waals surface area contributed by atoms with E-state index in [1.165, 1.54) is 62.5 Å². The van der Waals surface area contributed by atoms with Crippen molar-refractivity contribution in [3.8, 4) is 5.75 Å². The van der Waals surface area contributed by atoms with E-state index in [2.05, 4.69) is 18.2 Å². The third-order valence-corrected chi connectivity index (χ3v) is 5.58. The molecule has 0 atom stereocenters. The second-order valence-corrected chi connectivity index (χ2v) is 7.01. The van der Waals surface area contributed by atoms with Gasteiger partial charge in [0.1, 0.15) is 5.75 Å². The van der Waals surface area contributed by atoms with Gasteiger partial charge in [0.05, 0.1) is 7.11 Å². The third kappa shape index (κ3) is 3.11. The van der Waals surface area contributed by atoms with E-state index in [1.54, 1.807) is 7.11 Å². The van der Waals surface area contributed by atoms with Crippen LogP contribution in [0.3, 0.4) is 0 Å². The van der Waals surface area contributed by atoms with Gasteiger partial charge in [0.2, 0.25) is 0 Å². The molecule has 3 rings (SSSR count). The normalized spacial score (nSPS) is 23.0. The monoisotopic (exact) mass is 287 g/mol. The second kappa shape index (κ2) is 6.39. The molecule has 2 nitrogen and oxygen atoms in total. The van der Waals surface area contributed by atoms with Gasteiger partial charge in [0.25, 0.3) is 0 Å². The van der Waals surface area contributed by atoms with Gasteiger partial charge in [0, 0.05) is 11.1 Å². The first-order valence-electron chi connectivity index (χ1n) is 8.70. The van der Waals surface area contributed by atoms with Crippen LogP contribution in [0.5, 0.6) is 5.75 Å². The molecular formula is C19H29NO. The van der Waals surface area contributed by atoms with Gasteiger partial charge in [-0.25, -0.2) is 0 Å². The lowest BCUT2D eigenvalue weighted by molar-refractivity contribution is 0.288. The number of nitrogens with two attached hydrogens (primary N) is 1. The molecule has 0 spiro atoms. The SMILES string of the molecule is COc1ccc(C2CCCCC2)cc1C1(N)CCCCC1. The fraction of sp³-hybridized carbons (Fsp3) is 0.684. The van der Waals surface area contributed by atoms with Crippen LogP contribution < -0.4 is 10.5 Å². The highest BCUT2D eigenvalue weighted by molar-refractivity contribution is 5.43. The zero-order chi connectivity index (χ0) is 14.7. The number of rotatable bonds is 3. The van der Waals surface area contributed by atoms with Gasteiger partial charge in [-0.15, -0.1) is 0 Å².